The second kappa shape index (κ2) is 8.15. The molecule has 0 spiro atoms. The van der Waals surface area contributed by atoms with Crippen LogP contribution < -0.4 is 10.5 Å². The highest BCUT2D eigenvalue weighted by atomic mass is 79.9. The number of aryl methyl sites for hydroxylation is 1. The standard InChI is InChI=1S/C15H22BrNO3/c1-15(2,20-14(17)18)9-3-4-12-5-7-13(8-6-12)19-11-10-16/h5-8H,3-4,9-11H2,1-2H3,(H2,17,18). The van der Waals surface area contributed by atoms with Crippen molar-refractivity contribution in [3.8, 4) is 5.75 Å². The van der Waals surface area contributed by atoms with Crippen molar-refractivity contribution < 1.29 is 14.3 Å². The largest absolute Gasteiger partial charge is 0.493 e. The van der Waals surface area contributed by atoms with Crippen LogP contribution in [0.4, 0.5) is 4.79 Å². The Balaban J connectivity index is 2.36. The third-order valence-electron chi connectivity index (χ3n) is 2.89. The first-order valence-corrected chi connectivity index (χ1v) is 7.81. The van der Waals surface area contributed by atoms with Crippen LogP contribution in [0.25, 0.3) is 0 Å². The average Bonchev–Trinajstić information content (AvgIpc) is 2.36. The highest BCUT2D eigenvalue weighted by molar-refractivity contribution is 9.09. The molecule has 1 aromatic carbocycles. The zero-order valence-electron chi connectivity index (χ0n) is 12.0. The predicted molar refractivity (Wildman–Crippen MR) is 83.4 cm³/mol. The molecule has 0 aliphatic rings. The van der Waals surface area contributed by atoms with Gasteiger partial charge in [-0.25, -0.2) is 4.79 Å². The number of hydrogen-bond acceptors (Lipinski definition) is 3. The molecular formula is C15H22BrNO3. The summed E-state index contributed by atoms with van der Waals surface area (Å²) in [6.07, 6.45) is 1.92. The van der Waals surface area contributed by atoms with Crippen molar-refractivity contribution in [3.05, 3.63) is 29.8 Å². The number of ether oxygens (including phenoxy) is 2. The molecule has 0 saturated carbocycles. The van der Waals surface area contributed by atoms with Gasteiger partial charge in [0.05, 0.1) is 6.61 Å². The maximum atomic E-state index is 10.8. The van der Waals surface area contributed by atoms with Gasteiger partial charge in [0.2, 0.25) is 0 Å². The van der Waals surface area contributed by atoms with E-state index in [2.05, 4.69) is 28.1 Å². The van der Waals surface area contributed by atoms with Gasteiger partial charge in [-0.1, -0.05) is 28.1 Å². The molecule has 0 saturated heterocycles. The fourth-order valence-corrected chi connectivity index (χ4v) is 2.11. The highest BCUT2D eigenvalue weighted by Crippen LogP contribution is 2.19. The van der Waals surface area contributed by atoms with Crippen LogP contribution in [0.3, 0.4) is 0 Å². The summed E-state index contributed by atoms with van der Waals surface area (Å²) in [6.45, 7) is 4.40. The van der Waals surface area contributed by atoms with E-state index < -0.39 is 11.7 Å². The molecule has 1 aromatic rings. The molecule has 0 aliphatic carbocycles. The number of carbonyl (C=O) groups excluding carboxylic acids is 1. The lowest BCUT2D eigenvalue weighted by atomic mass is 9.98. The van der Waals surface area contributed by atoms with Gasteiger partial charge in [0.1, 0.15) is 11.4 Å². The first-order valence-electron chi connectivity index (χ1n) is 6.69. The van der Waals surface area contributed by atoms with Crippen molar-refractivity contribution in [2.45, 2.75) is 38.7 Å². The quantitative estimate of drug-likeness (QED) is 0.732. The Kier molecular flexibility index (Phi) is 6.85. The maximum Gasteiger partial charge on any atom is 0.405 e. The van der Waals surface area contributed by atoms with E-state index in [1.165, 1.54) is 5.56 Å². The van der Waals surface area contributed by atoms with Crippen molar-refractivity contribution in [3.63, 3.8) is 0 Å². The lowest BCUT2D eigenvalue weighted by molar-refractivity contribution is 0.0378. The van der Waals surface area contributed by atoms with Crippen LogP contribution in [0, 0.1) is 0 Å². The highest BCUT2D eigenvalue weighted by Gasteiger charge is 2.20. The maximum absolute atomic E-state index is 10.8. The minimum absolute atomic E-state index is 0.509. The molecule has 0 radical (unpaired) electrons. The van der Waals surface area contributed by atoms with Crippen molar-refractivity contribution in [2.75, 3.05) is 11.9 Å². The van der Waals surface area contributed by atoms with Crippen LogP contribution in [0.5, 0.6) is 5.75 Å². The number of hydrogen-bond donors (Lipinski definition) is 1. The van der Waals surface area contributed by atoms with Gasteiger partial charge >= 0.3 is 6.09 Å². The molecule has 1 amide bonds. The summed E-state index contributed by atoms with van der Waals surface area (Å²) in [6, 6.07) is 8.07. The minimum Gasteiger partial charge on any atom is -0.493 e. The number of halogens is 1. The summed E-state index contributed by atoms with van der Waals surface area (Å²) in [5, 5.41) is 0.823. The Morgan fingerprint density at radius 3 is 2.50 bits per heavy atom. The number of alkyl halides is 1. The van der Waals surface area contributed by atoms with Gasteiger partial charge in [0.15, 0.2) is 0 Å². The van der Waals surface area contributed by atoms with E-state index in [1.807, 2.05) is 26.0 Å². The van der Waals surface area contributed by atoms with Gasteiger partial charge < -0.3 is 15.2 Å². The summed E-state index contributed by atoms with van der Waals surface area (Å²) < 4.78 is 10.5. The van der Waals surface area contributed by atoms with Crippen molar-refractivity contribution in [1.82, 2.24) is 0 Å². The first-order chi connectivity index (χ1) is 9.43. The Bertz CT molecular complexity index is 418. The lowest BCUT2D eigenvalue weighted by Gasteiger charge is -2.23. The van der Waals surface area contributed by atoms with Gasteiger partial charge in [-0.15, -0.1) is 0 Å². The number of rotatable bonds is 8. The monoisotopic (exact) mass is 343 g/mol. The summed E-state index contributed by atoms with van der Waals surface area (Å²) in [7, 11) is 0. The van der Waals surface area contributed by atoms with Gasteiger partial charge in [-0.2, -0.15) is 0 Å². The summed E-state index contributed by atoms with van der Waals surface area (Å²) in [5.41, 5.74) is 5.77. The van der Waals surface area contributed by atoms with Crippen LogP contribution in [0.15, 0.2) is 24.3 Å². The zero-order valence-corrected chi connectivity index (χ0v) is 13.6. The molecule has 0 unspecified atom stereocenters. The molecule has 20 heavy (non-hydrogen) atoms. The molecule has 0 aliphatic heterocycles. The molecule has 2 N–H and O–H groups in total. The van der Waals surface area contributed by atoms with Gasteiger partial charge in [0.25, 0.3) is 0 Å². The number of amides is 1. The number of benzene rings is 1. The summed E-state index contributed by atoms with van der Waals surface area (Å²) in [4.78, 5) is 10.8. The van der Waals surface area contributed by atoms with Crippen molar-refractivity contribution in [1.29, 1.82) is 0 Å². The first kappa shape index (κ1) is 16.8. The smallest absolute Gasteiger partial charge is 0.405 e. The molecule has 1 rings (SSSR count). The van der Waals surface area contributed by atoms with Crippen LogP contribution in [0.1, 0.15) is 32.3 Å². The van der Waals surface area contributed by atoms with Crippen LogP contribution in [-0.4, -0.2) is 23.6 Å². The third-order valence-corrected chi connectivity index (χ3v) is 3.21. The average molecular weight is 344 g/mol. The van der Waals surface area contributed by atoms with Crippen molar-refractivity contribution in [2.24, 2.45) is 5.73 Å². The fourth-order valence-electron chi connectivity index (χ4n) is 1.95. The van der Waals surface area contributed by atoms with E-state index in [0.717, 1.165) is 30.3 Å². The molecule has 0 heterocycles. The molecule has 112 valence electrons. The van der Waals surface area contributed by atoms with Crippen LogP contribution in [-0.2, 0) is 11.2 Å². The van der Waals surface area contributed by atoms with E-state index >= 15 is 0 Å². The van der Waals surface area contributed by atoms with E-state index in [4.69, 9.17) is 15.2 Å². The normalized spacial score (nSPS) is 11.2. The topological polar surface area (TPSA) is 61.6 Å². The zero-order chi connectivity index (χ0) is 15.0. The van der Waals surface area contributed by atoms with Gasteiger partial charge in [0, 0.05) is 5.33 Å². The molecule has 0 atom stereocenters. The third kappa shape index (κ3) is 6.80. The van der Waals surface area contributed by atoms with E-state index in [0.29, 0.717) is 6.61 Å². The van der Waals surface area contributed by atoms with Crippen LogP contribution >= 0.6 is 15.9 Å². The number of carbonyl (C=O) groups is 1. The van der Waals surface area contributed by atoms with Gasteiger partial charge in [-0.3, -0.25) is 0 Å². The second-order valence-corrected chi connectivity index (χ2v) is 6.01. The second-order valence-electron chi connectivity index (χ2n) is 5.22. The SMILES string of the molecule is CC(C)(CCCc1ccc(OCCBr)cc1)OC(N)=O. The predicted octanol–water partition coefficient (Wildman–Crippen LogP) is 3.66. The van der Waals surface area contributed by atoms with Crippen LogP contribution in [0.2, 0.25) is 0 Å². The molecule has 0 fully saturated rings. The Hall–Kier alpha value is -1.23. The Morgan fingerprint density at radius 1 is 1.30 bits per heavy atom. The number of primary amides is 1. The molecule has 5 heteroatoms. The van der Waals surface area contributed by atoms with E-state index in [1.54, 1.807) is 0 Å². The fraction of sp³-hybridized carbons (Fsp3) is 0.533. The van der Waals surface area contributed by atoms with Crippen molar-refractivity contribution >= 4 is 22.0 Å². The molecule has 0 aromatic heterocycles. The Morgan fingerprint density at radius 2 is 1.95 bits per heavy atom. The van der Waals surface area contributed by atoms with E-state index in [9.17, 15) is 4.79 Å². The summed E-state index contributed by atoms with van der Waals surface area (Å²) in [5.74, 6) is 0.880. The minimum atomic E-state index is -0.719. The Labute approximate surface area is 128 Å². The van der Waals surface area contributed by atoms with Gasteiger partial charge in [-0.05, 0) is 50.8 Å². The molecular weight excluding hydrogens is 322 g/mol. The molecule has 4 nitrogen and oxygen atoms in total. The summed E-state index contributed by atoms with van der Waals surface area (Å²) >= 11 is 3.32. The lowest BCUT2D eigenvalue weighted by Crippen LogP contribution is -2.31. The molecule has 0 bridgehead atoms. The van der Waals surface area contributed by atoms with E-state index in [-0.39, 0.29) is 0 Å². The number of nitrogens with two attached hydrogens (primary N) is 1.